The molecule has 12 heteroatoms. The van der Waals surface area contributed by atoms with Gasteiger partial charge in [-0.15, -0.1) is 0 Å². The summed E-state index contributed by atoms with van der Waals surface area (Å²) < 4.78 is 17.5. The molecule has 0 amide bonds. The summed E-state index contributed by atoms with van der Waals surface area (Å²) in [7, 11) is 0. The molecule has 2 aromatic rings. The molecule has 1 aliphatic heterocycles. The van der Waals surface area contributed by atoms with Crippen LogP contribution in [0.15, 0.2) is 9.59 Å². The minimum absolute atomic E-state index is 0.0824. The molecule has 28 heavy (non-hydrogen) atoms. The Labute approximate surface area is 162 Å². The second kappa shape index (κ2) is 8.10. The first-order chi connectivity index (χ1) is 13.3. The van der Waals surface area contributed by atoms with Gasteiger partial charge in [0.25, 0.3) is 5.56 Å². The Bertz CT molecular complexity index is 1010. The molecule has 0 aromatic carbocycles. The highest BCUT2D eigenvalue weighted by Gasteiger charge is 2.40. The lowest BCUT2D eigenvalue weighted by molar-refractivity contribution is -0.152. The summed E-state index contributed by atoms with van der Waals surface area (Å²) >= 11 is 0.715. The number of H-pyrrole nitrogens is 1. The molecule has 3 atom stereocenters. The van der Waals surface area contributed by atoms with Crippen molar-refractivity contribution in [3.05, 3.63) is 20.0 Å². The summed E-state index contributed by atoms with van der Waals surface area (Å²) in [6.07, 6.45) is -0.549. The number of nitrogens with zero attached hydrogens (tertiary/aromatic N) is 2. The van der Waals surface area contributed by atoms with Crippen molar-refractivity contribution < 1.29 is 23.8 Å². The average Bonchev–Trinajstić information content (AvgIpc) is 3.11. The molecule has 1 saturated heterocycles. The largest absolute Gasteiger partial charge is 0.466 e. The summed E-state index contributed by atoms with van der Waals surface area (Å²) in [6, 6.07) is 0. The van der Waals surface area contributed by atoms with Crippen LogP contribution in [0.2, 0.25) is 0 Å². The van der Waals surface area contributed by atoms with E-state index in [-0.39, 0.29) is 35.0 Å². The number of aromatic amines is 1. The zero-order chi connectivity index (χ0) is 20.4. The van der Waals surface area contributed by atoms with Gasteiger partial charge in [-0.3, -0.25) is 28.7 Å². The molecule has 3 heterocycles. The first-order valence-corrected chi connectivity index (χ1v) is 9.44. The van der Waals surface area contributed by atoms with E-state index in [1.807, 2.05) is 0 Å². The molecule has 3 N–H and O–H groups in total. The van der Waals surface area contributed by atoms with E-state index in [4.69, 9.17) is 19.9 Å². The second-order valence-electron chi connectivity index (χ2n) is 6.36. The van der Waals surface area contributed by atoms with Crippen LogP contribution >= 0.6 is 11.3 Å². The third kappa shape index (κ3) is 4.22. The van der Waals surface area contributed by atoms with Gasteiger partial charge in [-0.2, -0.15) is 4.98 Å². The van der Waals surface area contributed by atoms with Crippen molar-refractivity contribution in [3.8, 4) is 0 Å². The normalized spacial score (nSPS) is 21.7. The van der Waals surface area contributed by atoms with E-state index in [0.717, 1.165) is 0 Å². The van der Waals surface area contributed by atoms with Crippen molar-refractivity contribution in [2.24, 2.45) is 0 Å². The van der Waals surface area contributed by atoms with Crippen LogP contribution in [0.3, 0.4) is 0 Å². The van der Waals surface area contributed by atoms with Gasteiger partial charge in [-0.25, -0.2) is 0 Å². The molecule has 0 unspecified atom stereocenters. The fraction of sp³-hybridized carbons (Fsp3) is 0.562. The van der Waals surface area contributed by atoms with E-state index < -0.39 is 28.7 Å². The third-order valence-corrected chi connectivity index (χ3v) is 5.13. The van der Waals surface area contributed by atoms with Gasteiger partial charge in [-0.05, 0) is 12.8 Å². The number of nitrogens with one attached hydrogen (secondary N) is 1. The van der Waals surface area contributed by atoms with E-state index in [1.165, 1.54) is 18.4 Å². The van der Waals surface area contributed by atoms with Gasteiger partial charge in [-0.1, -0.05) is 11.3 Å². The van der Waals surface area contributed by atoms with E-state index in [1.54, 1.807) is 0 Å². The molecular weight excluding hydrogens is 392 g/mol. The van der Waals surface area contributed by atoms with Crippen LogP contribution < -0.4 is 16.2 Å². The summed E-state index contributed by atoms with van der Waals surface area (Å²) in [4.78, 5) is 52.9. The van der Waals surface area contributed by atoms with Crippen LogP contribution in [0, 0.1) is 0 Å². The molecule has 152 valence electrons. The minimum Gasteiger partial charge on any atom is -0.466 e. The number of hydrogen-bond acceptors (Lipinski definition) is 10. The Hall–Kier alpha value is -2.73. The lowest BCUT2D eigenvalue weighted by Crippen LogP contribution is -2.30. The van der Waals surface area contributed by atoms with Crippen molar-refractivity contribution in [1.29, 1.82) is 0 Å². The Morgan fingerprint density at radius 3 is 2.79 bits per heavy atom. The standard InChI is InChI=1S/C16H20N4O7S/c1-7(21)25-5-3-4-9-6-10(26-8(2)22)14(27-9)20-12-11(28-16(20)24)13(23)19-15(17)18-12/h9-10,14H,3-6H2,1-2H3,(H3,17,18,19,23)/t9-,10-,14-/m1/s1. The molecule has 0 radical (unpaired) electrons. The molecule has 2 aromatic heterocycles. The maximum Gasteiger partial charge on any atom is 0.311 e. The molecular formula is C16H20N4O7S. The van der Waals surface area contributed by atoms with Gasteiger partial charge in [0.1, 0.15) is 10.8 Å². The first kappa shape index (κ1) is 20.0. The van der Waals surface area contributed by atoms with Crippen LogP contribution in [-0.2, 0) is 23.8 Å². The molecule has 1 fully saturated rings. The van der Waals surface area contributed by atoms with Gasteiger partial charge in [0.05, 0.1) is 12.7 Å². The Morgan fingerprint density at radius 2 is 2.11 bits per heavy atom. The number of anilines is 1. The Kier molecular flexibility index (Phi) is 5.79. The molecule has 0 spiro atoms. The van der Waals surface area contributed by atoms with E-state index in [0.29, 0.717) is 30.6 Å². The van der Waals surface area contributed by atoms with Crippen molar-refractivity contribution in [2.75, 3.05) is 12.3 Å². The Balaban J connectivity index is 1.88. The van der Waals surface area contributed by atoms with E-state index >= 15 is 0 Å². The minimum atomic E-state index is -0.933. The predicted octanol–water partition coefficient (Wildman–Crippen LogP) is 0.291. The van der Waals surface area contributed by atoms with Crippen molar-refractivity contribution in [3.63, 3.8) is 0 Å². The number of hydrogen-bond donors (Lipinski definition) is 2. The number of carbonyl (C=O) groups is 2. The molecule has 0 bridgehead atoms. The number of ether oxygens (including phenoxy) is 3. The van der Waals surface area contributed by atoms with E-state index in [2.05, 4.69) is 9.97 Å². The lowest BCUT2D eigenvalue weighted by Gasteiger charge is -2.19. The van der Waals surface area contributed by atoms with Crippen LogP contribution in [0.25, 0.3) is 10.3 Å². The smallest absolute Gasteiger partial charge is 0.311 e. The van der Waals surface area contributed by atoms with Crippen molar-refractivity contribution in [2.45, 2.75) is 51.5 Å². The zero-order valence-electron chi connectivity index (χ0n) is 15.3. The van der Waals surface area contributed by atoms with Gasteiger partial charge >= 0.3 is 16.8 Å². The molecule has 3 rings (SSSR count). The number of fused-ring (bicyclic) bond motifs is 1. The number of aromatic nitrogens is 3. The summed E-state index contributed by atoms with van der Waals surface area (Å²) in [5.74, 6) is -1.02. The number of nitrogen functional groups attached to an aromatic ring is 1. The molecule has 0 saturated carbocycles. The van der Waals surface area contributed by atoms with Crippen LogP contribution in [0.4, 0.5) is 5.95 Å². The topological polar surface area (TPSA) is 156 Å². The highest BCUT2D eigenvalue weighted by molar-refractivity contribution is 7.16. The second-order valence-corrected chi connectivity index (χ2v) is 7.32. The summed E-state index contributed by atoms with van der Waals surface area (Å²) in [5.41, 5.74) is 5.16. The molecule has 11 nitrogen and oxygen atoms in total. The highest BCUT2D eigenvalue weighted by atomic mass is 32.1. The highest BCUT2D eigenvalue weighted by Crippen LogP contribution is 2.34. The maximum atomic E-state index is 12.5. The number of thiazole rings is 1. The lowest BCUT2D eigenvalue weighted by atomic mass is 10.1. The number of esters is 2. The van der Waals surface area contributed by atoms with Crippen molar-refractivity contribution in [1.82, 2.24) is 14.5 Å². The Morgan fingerprint density at radius 1 is 1.36 bits per heavy atom. The van der Waals surface area contributed by atoms with Gasteiger partial charge in [0.15, 0.2) is 11.9 Å². The monoisotopic (exact) mass is 412 g/mol. The zero-order valence-corrected chi connectivity index (χ0v) is 16.1. The van der Waals surface area contributed by atoms with E-state index in [9.17, 15) is 19.2 Å². The van der Waals surface area contributed by atoms with Gasteiger partial charge in [0.2, 0.25) is 5.95 Å². The predicted molar refractivity (Wildman–Crippen MR) is 98.9 cm³/mol. The first-order valence-electron chi connectivity index (χ1n) is 8.63. The fourth-order valence-corrected chi connectivity index (χ4v) is 3.99. The van der Waals surface area contributed by atoms with Crippen LogP contribution in [0.1, 0.15) is 39.3 Å². The third-order valence-electron chi connectivity index (χ3n) is 4.18. The fourth-order valence-electron chi connectivity index (χ4n) is 3.15. The maximum absolute atomic E-state index is 12.5. The average molecular weight is 412 g/mol. The quantitative estimate of drug-likeness (QED) is 0.503. The van der Waals surface area contributed by atoms with Crippen LogP contribution in [-0.4, -0.2) is 45.3 Å². The number of carbonyl (C=O) groups excluding carboxylic acids is 2. The molecule has 1 aliphatic rings. The summed E-state index contributed by atoms with van der Waals surface area (Å²) in [5, 5.41) is 0. The van der Waals surface area contributed by atoms with Crippen molar-refractivity contribution >= 4 is 39.6 Å². The van der Waals surface area contributed by atoms with Gasteiger partial charge < -0.3 is 19.9 Å². The summed E-state index contributed by atoms with van der Waals surface area (Å²) in [6.45, 7) is 2.83. The van der Waals surface area contributed by atoms with Gasteiger partial charge in [0, 0.05) is 20.3 Å². The number of nitrogens with two attached hydrogens (primary N) is 1. The van der Waals surface area contributed by atoms with Crippen LogP contribution in [0.5, 0.6) is 0 Å². The molecule has 0 aliphatic carbocycles. The number of rotatable bonds is 6. The SMILES string of the molecule is CC(=O)OCCC[C@@H]1C[C@@H](OC(C)=O)[C@H](n2c(=O)sc3c(=O)[nH]c(N)nc32)O1.